The smallest absolute Gasteiger partial charge is 0.335 e. The third-order valence-electron chi connectivity index (χ3n) is 2.39. The van der Waals surface area contributed by atoms with Crippen LogP contribution in [0.15, 0.2) is 53.6 Å². The van der Waals surface area contributed by atoms with Crippen LogP contribution in [0.4, 0.5) is 10.1 Å². The molecule has 2 aromatic rings. The average Bonchev–Trinajstić information content (AvgIpc) is 2.39. The Morgan fingerprint density at radius 2 is 1.95 bits per heavy atom. The molecule has 19 heavy (non-hydrogen) atoms. The Hall–Kier alpha value is -2.69. The summed E-state index contributed by atoms with van der Waals surface area (Å²) in [5.41, 5.74) is 4.23. The van der Waals surface area contributed by atoms with Crippen molar-refractivity contribution in [2.24, 2.45) is 5.10 Å². The van der Waals surface area contributed by atoms with Crippen molar-refractivity contribution in [2.75, 3.05) is 5.43 Å². The molecule has 0 heterocycles. The summed E-state index contributed by atoms with van der Waals surface area (Å²) in [6, 6.07) is 12.2. The highest BCUT2D eigenvalue weighted by atomic mass is 19.1. The van der Waals surface area contributed by atoms with Crippen molar-refractivity contribution in [1.82, 2.24) is 0 Å². The lowest BCUT2D eigenvalue weighted by molar-refractivity contribution is 0.0697. The molecule has 0 saturated carbocycles. The van der Waals surface area contributed by atoms with Crippen LogP contribution in [0, 0.1) is 5.82 Å². The van der Waals surface area contributed by atoms with Gasteiger partial charge in [-0.1, -0.05) is 12.1 Å². The Labute approximate surface area is 109 Å². The fourth-order valence-electron chi connectivity index (χ4n) is 1.46. The average molecular weight is 258 g/mol. The quantitative estimate of drug-likeness (QED) is 0.654. The van der Waals surface area contributed by atoms with Crippen LogP contribution in [-0.2, 0) is 0 Å². The predicted molar refractivity (Wildman–Crippen MR) is 71.0 cm³/mol. The monoisotopic (exact) mass is 258 g/mol. The number of hydrogen-bond donors (Lipinski definition) is 2. The van der Waals surface area contributed by atoms with Crippen molar-refractivity contribution in [1.29, 1.82) is 0 Å². The molecular weight excluding hydrogens is 247 g/mol. The zero-order valence-corrected chi connectivity index (χ0v) is 9.88. The highest BCUT2D eigenvalue weighted by Gasteiger charge is 2.00. The van der Waals surface area contributed by atoms with Crippen molar-refractivity contribution >= 4 is 17.9 Å². The highest BCUT2D eigenvalue weighted by Crippen LogP contribution is 2.09. The largest absolute Gasteiger partial charge is 0.478 e. The first-order chi connectivity index (χ1) is 9.15. The van der Waals surface area contributed by atoms with Crippen LogP contribution in [0.3, 0.4) is 0 Å². The van der Waals surface area contributed by atoms with E-state index < -0.39 is 5.97 Å². The van der Waals surface area contributed by atoms with Gasteiger partial charge in [-0.2, -0.15) is 5.10 Å². The second kappa shape index (κ2) is 5.77. The Bertz CT molecular complexity index is 609. The van der Waals surface area contributed by atoms with Crippen molar-refractivity contribution in [3.63, 3.8) is 0 Å². The zero-order valence-electron chi connectivity index (χ0n) is 9.88. The van der Waals surface area contributed by atoms with Gasteiger partial charge < -0.3 is 5.11 Å². The van der Waals surface area contributed by atoms with E-state index in [0.29, 0.717) is 11.3 Å². The molecule has 2 aromatic carbocycles. The third-order valence-corrected chi connectivity index (χ3v) is 2.39. The molecule has 0 spiro atoms. The van der Waals surface area contributed by atoms with Crippen LogP contribution in [0.5, 0.6) is 0 Å². The molecule has 0 radical (unpaired) electrons. The molecule has 0 aliphatic carbocycles. The van der Waals surface area contributed by atoms with Gasteiger partial charge in [0, 0.05) is 0 Å². The summed E-state index contributed by atoms with van der Waals surface area (Å²) in [5.74, 6) is -1.30. The summed E-state index contributed by atoms with van der Waals surface area (Å²) in [5, 5.41) is 12.7. The molecule has 0 atom stereocenters. The van der Waals surface area contributed by atoms with E-state index in [1.54, 1.807) is 24.3 Å². The van der Waals surface area contributed by atoms with E-state index in [1.165, 1.54) is 30.5 Å². The maximum absolute atomic E-state index is 12.9. The molecule has 0 fully saturated rings. The van der Waals surface area contributed by atoms with E-state index in [4.69, 9.17) is 5.11 Å². The molecule has 2 N–H and O–H groups in total. The van der Waals surface area contributed by atoms with Gasteiger partial charge in [0.05, 0.1) is 17.5 Å². The first-order valence-electron chi connectivity index (χ1n) is 5.53. The number of anilines is 1. The van der Waals surface area contributed by atoms with Crippen molar-refractivity contribution in [2.45, 2.75) is 0 Å². The lowest BCUT2D eigenvalue weighted by Gasteiger charge is -2.00. The normalized spacial score (nSPS) is 10.6. The number of aromatic carboxylic acids is 1. The van der Waals surface area contributed by atoms with E-state index >= 15 is 0 Å². The van der Waals surface area contributed by atoms with Crippen LogP contribution in [0.2, 0.25) is 0 Å². The number of carbonyl (C=O) groups is 1. The maximum Gasteiger partial charge on any atom is 0.335 e. The van der Waals surface area contributed by atoms with Gasteiger partial charge in [0.25, 0.3) is 0 Å². The van der Waals surface area contributed by atoms with Gasteiger partial charge >= 0.3 is 5.97 Å². The number of halogens is 1. The van der Waals surface area contributed by atoms with Gasteiger partial charge in [-0.3, -0.25) is 5.43 Å². The maximum atomic E-state index is 12.9. The number of hydrazone groups is 1. The number of nitrogens with zero attached hydrogens (tertiary/aromatic N) is 1. The summed E-state index contributed by atoms with van der Waals surface area (Å²) in [6.07, 6.45) is 1.48. The molecule has 2 rings (SSSR count). The van der Waals surface area contributed by atoms with Gasteiger partial charge in [-0.25, -0.2) is 9.18 Å². The van der Waals surface area contributed by atoms with Crippen LogP contribution in [0.1, 0.15) is 15.9 Å². The number of rotatable bonds is 4. The minimum Gasteiger partial charge on any atom is -0.478 e. The molecule has 5 heteroatoms. The van der Waals surface area contributed by atoms with Crippen molar-refractivity contribution in [3.05, 3.63) is 65.5 Å². The van der Waals surface area contributed by atoms with E-state index in [0.717, 1.165) is 0 Å². The zero-order chi connectivity index (χ0) is 13.7. The number of carboxylic acid groups (broad SMARTS) is 1. The fourth-order valence-corrected chi connectivity index (χ4v) is 1.46. The second-order valence-corrected chi connectivity index (χ2v) is 3.81. The first kappa shape index (κ1) is 12.8. The van der Waals surface area contributed by atoms with E-state index in [2.05, 4.69) is 10.5 Å². The van der Waals surface area contributed by atoms with Crippen LogP contribution < -0.4 is 5.43 Å². The lowest BCUT2D eigenvalue weighted by Crippen LogP contribution is -1.96. The Balaban J connectivity index is 2.00. The van der Waals surface area contributed by atoms with Crippen LogP contribution in [-0.4, -0.2) is 17.3 Å². The Morgan fingerprint density at radius 3 is 2.58 bits per heavy atom. The number of carboxylic acids is 1. The Kier molecular flexibility index (Phi) is 3.87. The van der Waals surface area contributed by atoms with Crippen LogP contribution >= 0.6 is 0 Å². The molecule has 0 aromatic heterocycles. The summed E-state index contributed by atoms with van der Waals surface area (Å²) in [7, 11) is 0. The number of hydrogen-bond acceptors (Lipinski definition) is 3. The summed E-state index contributed by atoms with van der Waals surface area (Å²) >= 11 is 0. The molecule has 0 aliphatic heterocycles. The van der Waals surface area contributed by atoms with E-state index in [9.17, 15) is 9.18 Å². The third kappa shape index (κ3) is 3.64. The first-order valence-corrected chi connectivity index (χ1v) is 5.53. The summed E-state index contributed by atoms with van der Waals surface area (Å²) < 4.78 is 12.9. The Morgan fingerprint density at radius 1 is 1.21 bits per heavy atom. The SMILES string of the molecule is O=C(O)c1ccc(NN=Cc2cccc(F)c2)cc1. The minimum absolute atomic E-state index is 0.208. The van der Waals surface area contributed by atoms with E-state index in [-0.39, 0.29) is 11.4 Å². The summed E-state index contributed by atoms with van der Waals surface area (Å²) in [4.78, 5) is 10.7. The summed E-state index contributed by atoms with van der Waals surface area (Å²) in [6.45, 7) is 0. The van der Waals surface area contributed by atoms with Gasteiger partial charge in [-0.05, 0) is 42.0 Å². The van der Waals surface area contributed by atoms with Gasteiger partial charge in [0.15, 0.2) is 0 Å². The van der Waals surface area contributed by atoms with E-state index in [1.807, 2.05) is 0 Å². The molecule has 96 valence electrons. The van der Waals surface area contributed by atoms with Gasteiger partial charge in [-0.15, -0.1) is 0 Å². The highest BCUT2D eigenvalue weighted by molar-refractivity contribution is 5.88. The minimum atomic E-state index is -0.977. The molecule has 4 nitrogen and oxygen atoms in total. The molecule has 0 unspecified atom stereocenters. The lowest BCUT2D eigenvalue weighted by atomic mass is 10.2. The second-order valence-electron chi connectivity index (χ2n) is 3.81. The molecule has 0 amide bonds. The number of benzene rings is 2. The molecule has 0 bridgehead atoms. The van der Waals surface area contributed by atoms with Crippen molar-refractivity contribution < 1.29 is 14.3 Å². The molecular formula is C14H11FN2O2. The molecule has 0 aliphatic rings. The van der Waals surface area contributed by atoms with Crippen LogP contribution in [0.25, 0.3) is 0 Å². The fraction of sp³-hybridized carbons (Fsp3) is 0. The molecule has 0 saturated heterocycles. The number of nitrogens with one attached hydrogen (secondary N) is 1. The van der Waals surface area contributed by atoms with Gasteiger partial charge in [0.2, 0.25) is 0 Å². The topological polar surface area (TPSA) is 61.7 Å². The predicted octanol–water partition coefficient (Wildman–Crippen LogP) is 2.97. The van der Waals surface area contributed by atoms with Crippen molar-refractivity contribution in [3.8, 4) is 0 Å². The standard InChI is InChI=1S/C14H11FN2O2/c15-12-3-1-2-10(8-12)9-16-17-13-6-4-11(5-7-13)14(18)19/h1-9,17H,(H,18,19). The van der Waals surface area contributed by atoms with Gasteiger partial charge in [0.1, 0.15) is 5.82 Å².